The van der Waals surface area contributed by atoms with Crippen molar-refractivity contribution in [2.45, 2.75) is 12.8 Å². The predicted octanol–water partition coefficient (Wildman–Crippen LogP) is 2.78. The second-order valence-electron chi connectivity index (χ2n) is 3.42. The van der Waals surface area contributed by atoms with Gasteiger partial charge < -0.3 is 5.11 Å². The van der Waals surface area contributed by atoms with Crippen LogP contribution in [0, 0.1) is 11.7 Å². The smallest absolute Gasteiger partial charge is 0.169 e. The number of phenols is 1. The van der Waals surface area contributed by atoms with E-state index in [1.54, 1.807) is 0 Å². The van der Waals surface area contributed by atoms with Gasteiger partial charge in [-0.1, -0.05) is 11.6 Å². The molecule has 0 saturated heterocycles. The fourth-order valence-corrected chi connectivity index (χ4v) is 1.53. The van der Waals surface area contributed by atoms with Crippen LogP contribution in [0.15, 0.2) is 12.1 Å². The van der Waals surface area contributed by atoms with E-state index >= 15 is 0 Å². The molecule has 0 heterocycles. The summed E-state index contributed by atoms with van der Waals surface area (Å²) in [7, 11) is 0. The molecule has 4 heteroatoms. The van der Waals surface area contributed by atoms with Gasteiger partial charge in [-0.15, -0.1) is 0 Å². The highest BCUT2D eigenvalue weighted by Gasteiger charge is 2.32. The number of aromatic hydroxyl groups is 1. The molecule has 0 unspecified atom stereocenters. The van der Waals surface area contributed by atoms with Gasteiger partial charge >= 0.3 is 0 Å². The van der Waals surface area contributed by atoms with Crippen LogP contribution in [0.4, 0.5) is 4.39 Å². The van der Waals surface area contributed by atoms with Gasteiger partial charge in [-0.3, -0.25) is 4.79 Å². The molecule has 14 heavy (non-hydrogen) atoms. The maximum Gasteiger partial charge on any atom is 0.169 e. The van der Waals surface area contributed by atoms with Crippen molar-refractivity contribution in [3.8, 4) is 5.75 Å². The van der Waals surface area contributed by atoms with Crippen molar-refractivity contribution in [2.75, 3.05) is 0 Å². The standard InChI is InChI=1S/C10H8ClFO2/c11-8-4-6(12)3-7(10(8)14)9(13)5-1-2-5/h3-5,14H,1-2H2. The van der Waals surface area contributed by atoms with Gasteiger partial charge in [0.2, 0.25) is 0 Å². The molecular weight excluding hydrogens is 207 g/mol. The van der Waals surface area contributed by atoms with Crippen LogP contribution in [0.5, 0.6) is 5.75 Å². The molecule has 0 amide bonds. The molecule has 0 aromatic heterocycles. The minimum atomic E-state index is -0.600. The van der Waals surface area contributed by atoms with Gasteiger partial charge in [0.05, 0.1) is 10.6 Å². The summed E-state index contributed by atoms with van der Waals surface area (Å²) in [6.07, 6.45) is 1.62. The van der Waals surface area contributed by atoms with Crippen LogP contribution in [-0.2, 0) is 0 Å². The second-order valence-corrected chi connectivity index (χ2v) is 3.83. The summed E-state index contributed by atoms with van der Waals surface area (Å²) >= 11 is 5.55. The Morgan fingerprint density at radius 1 is 1.50 bits per heavy atom. The Morgan fingerprint density at radius 3 is 2.71 bits per heavy atom. The summed E-state index contributed by atoms with van der Waals surface area (Å²) < 4.78 is 12.9. The van der Waals surface area contributed by atoms with Gasteiger partial charge in [0, 0.05) is 5.92 Å². The lowest BCUT2D eigenvalue weighted by Crippen LogP contribution is -2.02. The molecule has 1 aromatic rings. The molecule has 0 atom stereocenters. The van der Waals surface area contributed by atoms with Crippen molar-refractivity contribution in [3.05, 3.63) is 28.5 Å². The van der Waals surface area contributed by atoms with Crippen molar-refractivity contribution in [3.63, 3.8) is 0 Å². The average molecular weight is 215 g/mol. The molecule has 74 valence electrons. The highest BCUT2D eigenvalue weighted by molar-refractivity contribution is 6.32. The third-order valence-corrected chi connectivity index (χ3v) is 2.53. The molecule has 1 aliphatic rings. The Balaban J connectivity index is 2.45. The van der Waals surface area contributed by atoms with E-state index in [0.717, 1.165) is 25.0 Å². The van der Waals surface area contributed by atoms with E-state index in [-0.39, 0.29) is 28.0 Å². The third-order valence-electron chi connectivity index (χ3n) is 2.24. The van der Waals surface area contributed by atoms with E-state index in [0.29, 0.717) is 0 Å². The highest BCUT2D eigenvalue weighted by atomic mass is 35.5. The number of hydrogen-bond donors (Lipinski definition) is 1. The monoisotopic (exact) mass is 214 g/mol. The number of benzene rings is 1. The van der Waals surface area contributed by atoms with Gasteiger partial charge in [-0.05, 0) is 25.0 Å². The summed E-state index contributed by atoms with van der Waals surface area (Å²) in [6, 6.07) is 2.02. The molecule has 2 rings (SSSR count). The number of carbonyl (C=O) groups excluding carboxylic acids is 1. The van der Waals surface area contributed by atoms with Crippen LogP contribution in [0.3, 0.4) is 0 Å². The molecule has 0 radical (unpaired) electrons. The van der Waals surface area contributed by atoms with Gasteiger partial charge in [0.25, 0.3) is 0 Å². The van der Waals surface area contributed by atoms with E-state index in [1.807, 2.05) is 0 Å². The van der Waals surface area contributed by atoms with Crippen molar-refractivity contribution in [1.82, 2.24) is 0 Å². The first-order chi connectivity index (χ1) is 6.59. The molecule has 2 nitrogen and oxygen atoms in total. The van der Waals surface area contributed by atoms with Crippen molar-refractivity contribution < 1.29 is 14.3 Å². The first-order valence-electron chi connectivity index (χ1n) is 4.32. The topological polar surface area (TPSA) is 37.3 Å². The zero-order valence-corrected chi connectivity index (χ0v) is 8.01. The minimum absolute atomic E-state index is 0.00231. The fraction of sp³-hybridized carbons (Fsp3) is 0.300. The quantitative estimate of drug-likeness (QED) is 0.769. The number of ketones is 1. The third kappa shape index (κ3) is 1.60. The Labute approximate surface area is 85.3 Å². The van der Waals surface area contributed by atoms with Crippen LogP contribution >= 0.6 is 11.6 Å². The SMILES string of the molecule is O=C(c1cc(F)cc(Cl)c1O)C1CC1. The van der Waals surface area contributed by atoms with Crippen LogP contribution in [-0.4, -0.2) is 10.9 Å². The summed E-state index contributed by atoms with van der Waals surface area (Å²) in [5.41, 5.74) is -0.00231. The zero-order valence-electron chi connectivity index (χ0n) is 7.26. The van der Waals surface area contributed by atoms with Gasteiger partial charge in [0.15, 0.2) is 5.78 Å². The van der Waals surface area contributed by atoms with E-state index < -0.39 is 5.82 Å². The first-order valence-corrected chi connectivity index (χ1v) is 4.69. The van der Waals surface area contributed by atoms with Gasteiger partial charge in [0.1, 0.15) is 11.6 Å². The minimum Gasteiger partial charge on any atom is -0.506 e. The Bertz CT molecular complexity index is 399. The summed E-state index contributed by atoms with van der Waals surface area (Å²) in [5.74, 6) is -1.19. The highest BCUT2D eigenvalue weighted by Crippen LogP contribution is 2.37. The number of Topliss-reactive ketones (excluding diaryl/α,β-unsaturated/α-hetero) is 1. The lowest BCUT2D eigenvalue weighted by atomic mass is 10.1. The molecule has 1 saturated carbocycles. The summed E-state index contributed by atoms with van der Waals surface area (Å²) in [5, 5.41) is 9.33. The summed E-state index contributed by atoms with van der Waals surface area (Å²) in [4.78, 5) is 11.5. The molecule has 1 fully saturated rings. The molecule has 0 spiro atoms. The Morgan fingerprint density at radius 2 is 2.14 bits per heavy atom. The van der Waals surface area contributed by atoms with Crippen LogP contribution in [0.1, 0.15) is 23.2 Å². The molecule has 0 bridgehead atoms. The average Bonchev–Trinajstić information content (AvgIpc) is 2.93. The Kier molecular flexibility index (Phi) is 2.19. The lowest BCUT2D eigenvalue weighted by molar-refractivity contribution is 0.0964. The van der Waals surface area contributed by atoms with Crippen LogP contribution in [0.2, 0.25) is 5.02 Å². The number of halogens is 2. The Hall–Kier alpha value is -1.09. The largest absolute Gasteiger partial charge is 0.506 e. The molecule has 1 aromatic carbocycles. The molecule has 1 aliphatic carbocycles. The van der Waals surface area contributed by atoms with Crippen molar-refractivity contribution in [2.24, 2.45) is 5.92 Å². The van der Waals surface area contributed by atoms with Gasteiger partial charge in [-0.2, -0.15) is 0 Å². The van der Waals surface area contributed by atoms with Crippen LogP contribution in [0.25, 0.3) is 0 Å². The van der Waals surface area contributed by atoms with Crippen molar-refractivity contribution >= 4 is 17.4 Å². The lowest BCUT2D eigenvalue weighted by Gasteiger charge is -2.04. The fourth-order valence-electron chi connectivity index (χ4n) is 1.32. The molecule has 1 N–H and O–H groups in total. The predicted molar refractivity (Wildman–Crippen MR) is 50.1 cm³/mol. The normalized spacial score (nSPS) is 15.6. The molecular formula is C10H8ClFO2. The van der Waals surface area contributed by atoms with E-state index in [2.05, 4.69) is 0 Å². The number of hydrogen-bond acceptors (Lipinski definition) is 2. The van der Waals surface area contributed by atoms with E-state index in [1.165, 1.54) is 0 Å². The van der Waals surface area contributed by atoms with E-state index in [9.17, 15) is 14.3 Å². The number of phenolic OH excluding ortho intramolecular Hbond substituents is 1. The van der Waals surface area contributed by atoms with Gasteiger partial charge in [-0.25, -0.2) is 4.39 Å². The maximum absolute atomic E-state index is 12.9. The number of carbonyl (C=O) groups is 1. The maximum atomic E-state index is 12.9. The number of rotatable bonds is 2. The first kappa shape index (κ1) is 9.46. The molecule has 0 aliphatic heterocycles. The zero-order chi connectivity index (χ0) is 10.3. The van der Waals surface area contributed by atoms with E-state index in [4.69, 9.17) is 11.6 Å². The van der Waals surface area contributed by atoms with Crippen LogP contribution < -0.4 is 0 Å². The second kappa shape index (κ2) is 3.24. The van der Waals surface area contributed by atoms with Crippen molar-refractivity contribution in [1.29, 1.82) is 0 Å². The summed E-state index contributed by atoms with van der Waals surface area (Å²) in [6.45, 7) is 0.